The van der Waals surface area contributed by atoms with E-state index < -0.39 is 0 Å². The lowest BCUT2D eigenvalue weighted by Crippen LogP contribution is -2.23. The van der Waals surface area contributed by atoms with Crippen molar-refractivity contribution in [2.75, 3.05) is 6.54 Å². The molecule has 88 valence electrons. The molecule has 2 rings (SSSR count). The lowest BCUT2D eigenvalue weighted by molar-refractivity contribution is 0.581. The SMILES string of the molecule is CC(C)c1ccc(CC2CCCN2)cc1F. The van der Waals surface area contributed by atoms with Crippen LogP contribution in [0, 0.1) is 5.82 Å². The van der Waals surface area contributed by atoms with Crippen LogP contribution in [0.5, 0.6) is 0 Å². The molecule has 1 aromatic carbocycles. The van der Waals surface area contributed by atoms with Gasteiger partial charge in [-0.2, -0.15) is 0 Å². The first kappa shape index (κ1) is 11.6. The van der Waals surface area contributed by atoms with Gasteiger partial charge in [-0.25, -0.2) is 4.39 Å². The van der Waals surface area contributed by atoms with Crippen molar-refractivity contribution in [1.82, 2.24) is 5.32 Å². The molecule has 1 heterocycles. The Bertz CT molecular complexity index is 354. The Kier molecular flexibility index (Phi) is 3.59. The summed E-state index contributed by atoms with van der Waals surface area (Å²) < 4.78 is 13.8. The number of hydrogen-bond donors (Lipinski definition) is 1. The Morgan fingerprint density at radius 3 is 2.81 bits per heavy atom. The average Bonchev–Trinajstić information content (AvgIpc) is 2.70. The first-order valence-corrected chi connectivity index (χ1v) is 6.18. The average molecular weight is 221 g/mol. The molecule has 16 heavy (non-hydrogen) atoms. The summed E-state index contributed by atoms with van der Waals surface area (Å²) in [4.78, 5) is 0. The largest absolute Gasteiger partial charge is 0.314 e. The summed E-state index contributed by atoms with van der Waals surface area (Å²) in [5.41, 5.74) is 1.93. The van der Waals surface area contributed by atoms with Crippen molar-refractivity contribution in [2.45, 2.75) is 45.1 Å². The minimum absolute atomic E-state index is 0.0505. The molecule has 1 aliphatic rings. The predicted octanol–water partition coefficient (Wildman–Crippen LogP) is 3.24. The quantitative estimate of drug-likeness (QED) is 0.826. The van der Waals surface area contributed by atoms with E-state index in [0.29, 0.717) is 6.04 Å². The molecular formula is C14H20FN. The molecule has 0 aliphatic carbocycles. The zero-order valence-electron chi connectivity index (χ0n) is 10.1. The first-order valence-electron chi connectivity index (χ1n) is 6.18. The van der Waals surface area contributed by atoms with Crippen LogP contribution in [0.1, 0.15) is 43.7 Å². The zero-order valence-corrected chi connectivity index (χ0v) is 10.1. The molecule has 1 fully saturated rings. The molecule has 1 saturated heterocycles. The van der Waals surface area contributed by atoms with E-state index in [-0.39, 0.29) is 11.7 Å². The molecule has 1 atom stereocenters. The monoisotopic (exact) mass is 221 g/mol. The smallest absolute Gasteiger partial charge is 0.126 e. The maximum absolute atomic E-state index is 13.8. The van der Waals surface area contributed by atoms with Gasteiger partial charge in [0.05, 0.1) is 0 Å². The molecular weight excluding hydrogens is 201 g/mol. The second-order valence-electron chi connectivity index (χ2n) is 5.01. The fourth-order valence-corrected chi connectivity index (χ4v) is 2.38. The van der Waals surface area contributed by atoms with E-state index in [0.717, 1.165) is 24.1 Å². The minimum atomic E-state index is -0.0505. The number of hydrogen-bond acceptors (Lipinski definition) is 1. The third-order valence-electron chi connectivity index (χ3n) is 3.33. The maximum atomic E-state index is 13.8. The van der Waals surface area contributed by atoms with Crippen molar-refractivity contribution >= 4 is 0 Å². The van der Waals surface area contributed by atoms with E-state index >= 15 is 0 Å². The molecule has 2 heteroatoms. The van der Waals surface area contributed by atoms with Crippen molar-refractivity contribution in [2.24, 2.45) is 0 Å². The van der Waals surface area contributed by atoms with Gasteiger partial charge in [-0.3, -0.25) is 0 Å². The van der Waals surface area contributed by atoms with Gasteiger partial charge in [0.2, 0.25) is 0 Å². The van der Waals surface area contributed by atoms with E-state index in [1.54, 1.807) is 6.07 Å². The van der Waals surface area contributed by atoms with Crippen LogP contribution in [-0.4, -0.2) is 12.6 Å². The fourth-order valence-electron chi connectivity index (χ4n) is 2.38. The van der Waals surface area contributed by atoms with Gasteiger partial charge in [0.15, 0.2) is 0 Å². The number of halogens is 1. The van der Waals surface area contributed by atoms with Gasteiger partial charge in [0.1, 0.15) is 5.82 Å². The second kappa shape index (κ2) is 4.96. The summed E-state index contributed by atoms with van der Waals surface area (Å²) in [7, 11) is 0. The Morgan fingerprint density at radius 1 is 1.44 bits per heavy atom. The summed E-state index contributed by atoms with van der Waals surface area (Å²) in [5.74, 6) is 0.212. The highest BCUT2D eigenvalue weighted by atomic mass is 19.1. The molecule has 1 aromatic rings. The summed E-state index contributed by atoms with van der Waals surface area (Å²) in [6.07, 6.45) is 3.42. The Morgan fingerprint density at radius 2 is 2.25 bits per heavy atom. The molecule has 0 radical (unpaired) electrons. The highest BCUT2D eigenvalue weighted by molar-refractivity contribution is 5.27. The summed E-state index contributed by atoms with van der Waals surface area (Å²) >= 11 is 0. The highest BCUT2D eigenvalue weighted by Gasteiger charge is 2.15. The van der Waals surface area contributed by atoms with Gasteiger partial charge in [-0.05, 0) is 48.9 Å². The zero-order chi connectivity index (χ0) is 11.5. The molecule has 1 nitrogen and oxygen atoms in total. The standard InChI is InChI=1S/C14H20FN/c1-10(2)13-6-5-11(9-14(13)15)8-12-4-3-7-16-12/h5-6,9-10,12,16H,3-4,7-8H2,1-2H3. The summed E-state index contributed by atoms with van der Waals surface area (Å²) in [6.45, 7) is 5.16. The molecule has 0 aromatic heterocycles. The Labute approximate surface area is 97.1 Å². The van der Waals surface area contributed by atoms with Gasteiger partial charge in [0, 0.05) is 6.04 Å². The maximum Gasteiger partial charge on any atom is 0.126 e. The third-order valence-corrected chi connectivity index (χ3v) is 3.33. The van der Waals surface area contributed by atoms with Crippen LogP contribution in [0.2, 0.25) is 0 Å². The van der Waals surface area contributed by atoms with Crippen LogP contribution in [-0.2, 0) is 6.42 Å². The third kappa shape index (κ3) is 2.62. The van der Waals surface area contributed by atoms with Crippen LogP contribution in [0.3, 0.4) is 0 Å². The highest BCUT2D eigenvalue weighted by Crippen LogP contribution is 2.21. The molecule has 1 aliphatic heterocycles. The minimum Gasteiger partial charge on any atom is -0.314 e. The molecule has 0 amide bonds. The van der Waals surface area contributed by atoms with E-state index in [4.69, 9.17) is 0 Å². The van der Waals surface area contributed by atoms with Crippen molar-refractivity contribution in [3.05, 3.63) is 35.1 Å². The summed E-state index contributed by atoms with van der Waals surface area (Å²) in [6, 6.07) is 6.25. The molecule has 1 unspecified atom stereocenters. The first-order chi connectivity index (χ1) is 7.66. The Balaban J connectivity index is 2.08. The van der Waals surface area contributed by atoms with Crippen molar-refractivity contribution in [3.8, 4) is 0 Å². The van der Waals surface area contributed by atoms with Crippen LogP contribution >= 0.6 is 0 Å². The summed E-state index contributed by atoms with van der Waals surface area (Å²) in [5, 5.41) is 3.44. The van der Waals surface area contributed by atoms with Gasteiger partial charge < -0.3 is 5.32 Å². The number of rotatable bonds is 3. The molecule has 0 spiro atoms. The van der Waals surface area contributed by atoms with Gasteiger partial charge >= 0.3 is 0 Å². The molecule has 0 saturated carbocycles. The normalized spacial score (nSPS) is 20.6. The lowest BCUT2D eigenvalue weighted by atomic mass is 9.98. The van der Waals surface area contributed by atoms with Gasteiger partial charge in [-0.15, -0.1) is 0 Å². The van der Waals surface area contributed by atoms with E-state index in [2.05, 4.69) is 11.4 Å². The van der Waals surface area contributed by atoms with Crippen molar-refractivity contribution < 1.29 is 4.39 Å². The van der Waals surface area contributed by atoms with Crippen LogP contribution in [0.25, 0.3) is 0 Å². The van der Waals surface area contributed by atoms with E-state index in [9.17, 15) is 4.39 Å². The van der Waals surface area contributed by atoms with Gasteiger partial charge in [0.25, 0.3) is 0 Å². The van der Waals surface area contributed by atoms with Crippen molar-refractivity contribution in [1.29, 1.82) is 0 Å². The predicted molar refractivity (Wildman–Crippen MR) is 65.2 cm³/mol. The molecule has 0 bridgehead atoms. The molecule has 1 N–H and O–H groups in total. The van der Waals surface area contributed by atoms with Gasteiger partial charge in [-0.1, -0.05) is 26.0 Å². The van der Waals surface area contributed by atoms with Crippen LogP contribution in [0.15, 0.2) is 18.2 Å². The Hall–Kier alpha value is -0.890. The fraction of sp³-hybridized carbons (Fsp3) is 0.571. The van der Waals surface area contributed by atoms with Crippen molar-refractivity contribution in [3.63, 3.8) is 0 Å². The van der Waals surface area contributed by atoms with E-state index in [1.807, 2.05) is 19.9 Å². The number of benzene rings is 1. The van der Waals surface area contributed by atoms with E-state index in [1.165, 1.54) is 12.8 Å². The lowest BCUT2D eigenvalue weighted by Gasteiger charge is -2.12. The van der Waals surface area contributed by atoms with Crippen LogP contribution in [0.4, 0.5) is 4.39 Å². The topological polar surface area (TPSA) is 12.0 Å². The second-order valence-corrected chi connectivity index (χ2v) is 5.01. The number of nitrogens with one attached hydrogen (secondary N) is 1. The van der Waals surface area contributed by atoms with Crippen LogP contribution < -0.4 is 5.32 Å².